The van der Waals surface area contributed by atoms with E-state index in [0.29, 0.717) is 39.2 Å². The molecule has 8 heteroatoms. The zero-order valence-electron chi connectivity index (χ0n) is 15.1. The molecule has 1 amide bonds. The van der Waals surface area contributed by atoms with Gasteiger partial charge < -0.3 is 4.90 Å². The number of sulfonamides is 1. The Labute approximate surface area is 169 Å². The van der Waals surface area contributed by atoms with Crippen LogP contribution < -0.4 is 0 Å². The van der Waals surface area contributed by atoms with E-state index in [1.54, 1.807) is 30.0 Å². The van der Waals surface area contributed by atoms with Gasteiger partial charge >= 0.3 is 0 Å². The van der Waals surface area contributed by atoms with Gasteiger partial charge in [-0.25, -0.2) is 8.42 Å². The van der Waals surface area contributed by atoms with Crippen LogP contribution in [0.15, 0.2) is 41.3 Å². The highest BCUT2D eigenvalue weighted by atomic mass is 35.5. The minimum absolute atomic E-state index is 0.236. The van der Waals surface area contributed by atoms with E-state index in [4.69, 9.17) is 23.2 Å². The molecule has 144 valence electrons. The predicted octanol–water partition coefficient (Wildman–Crippen LogP) is 3.76. The maximum Gasteiger partial charge on any atom is 0.255 e. The van der Waals surface area contributed by atoms with E-state index < -0.39 is 10.0 Å². The number of hydrogen-bond acceptors (Lipinski definition) is 3. The minimum atomic E-state index is -3.60. The number of amides is 1. The van der Waals surface area contributed by atoms with Gasteiger partial charge in [-0.3, -0.25) is 4.79 Å². The molecular formula is C19H20Cl2N2O3S. The minimum Gasteiger partial charge on any atom is -0.336 e. The summed E-state index contributed by atoms with van der Waals surface area (Å²) in [6.45, 7) is 4.72. The lowest BCUT2D eigenvalue weighted by Crippen LogP contribution is -2.50. The van der Waals surface area contributed by atoms with Gasteiger partial charge in [0.2, 0.25) is 10.0 Å². The van der Waals surface area contributed by atoms with E-state index in [9.17, 15) is 13.2 Å². The topological polar surface area (TPSA) is 57.7 Å². The van der Waals surface area contributed by atoms with Crippen molar-refractivity contribution >= 4 is 39.1 Å². The first-order valence-corrected chi connectivity index (χ1v) is 10.7. The average Bonchev–Trinajstić information content (AvgIpc) is 2.65. The quantitative estimate of drug-likeness (QED) is 0.750. The predicted molar refractivity (Wildman–Crippen MR) is 107 cm³/mol. The van der Waals surface area contributed by atoms with E-state index in [1.807, 2.05) is 19.1 Å². The second kappa shape index (κ2) is 7.80. The molecule has 5 nitrogen and oxygen atoms in total. The van der Waals surface area contributed by atoms with Crippen LogP contribution in [-0.2, 0) is 10.0 Å². The lowest BCUT2D eigenvalue weighted by atomic mass is 10.2. The molecule has 0 radical (unpaired) electrons. The Morgan fingerprint density at radius 2 is 1.63 bits per heavy atom. The van der Waals surface area contributed by atoms with Crippen LogP contribution in [0, 0.1) is 13.8 Å². The van der Waals surface area contributed by atoms with E-state index in [-0.39, 0.29) is 19.0 Å². The van der Waals surface area contributed by atoms with E-state index in [1.165, 1.54) is 10.4 Å². The van der Waals surface area contributed by atoms with Crippen LogP contribution in [0.3, 0.4) is 0 Å². The number of rotatable bonds is 3. The summed E-state index contributed by atoms with van der Waals surface area (Å²) in [5.74, 6) is -0.244. The second-order valence-corrected chi connectivity index (χ2v) is 9.34. The summed E-state index contributed by atoms with van der Waals surface area (Å²) in [6.07, 6.45) is 0. The van der Waals surface area contributed by atoms with Crippen LogP contribution >= 0.6 is 23.2 Å². The summed E-state index contributed by atoms with van der Waals surface area (Å²) < 4.78 is 27.4. The number of halogens is 2. The maximum atomic E-state index is 13.0. The van der Waals surface area contributed by atoms with Gasteiger partial charge in [-0.2, -0.15) is 4.31 Å². The van der Waals surface area contributed by atoms with Crippen molar-refractivity contribution < 1.29 is 13.2 Å². The first kappa shape index (κ1) is 20.1. The van der Waals surface area contributed by atoms with Crippen molar-refractivity contribution in [1.29, 1.82) is 0 Å². The largest absolute Gasteiger partial charge is 0.336 e. The Hall–Kier alpha value is -1.60. The molecule has 0 saturated carbocycles. The third kappa shape index (κ3) is 4.14. The normalized spacial score (nSPS) is 15.8. The highest BCUT2D eigenvalue weighted by Crippen LogP contribution is 2.25. The molecule has 0 bridgehead atoms. The van der Waals surface area contributed by atoms with E-state index in [2.05, 4.69) is 0 Å². The molecule has 3 rings (SSSR count). The molecule has 1 fully saturated rings. The molecule has 0 atom stereocenters. The molecular weight excluding hydrogens is 407 g/mol. The lowest BCUT2D eigenvalue weighted by molar-refractivity contribution is 0.0698. The van der Waals surface area contributed by atoms with Crippen molar-refractivity contribution in [2.75, 3.05) is 26.2 Å². The van der Waals surface area contributed by atoms with Crippen LogP contribution in [0.5, 0.6) is 0 Å². The van der Waals surface area contributed by atoms with Gasteiger partial charge in [0.05, 0.1) is 15.5 Å². The van der Waals surface area contributed by atoms with Gasteiger partial charge in [-0.1, -0.05) is 35.3 Å². The number of hydrogen-bond donors (Lipinski definition) is 0. The fourth-order valence-corrected chi connectivity index (χ4v) is 5.19. The van der Waals surface area contributed by atoms with Gasteiger partial charge in [0.25, 0.3) is 5.91 Å². The third-order valence-corrected chi connectivity index (χ3v) is 7.25. The number of piperazine rings is 1. The van der Waals surface area contributed by atoms with E-state index in [0.717, 1.165) is 5.56 Å². The van der Waals surface area contributed by atoms with Crippen LogP contribution in [0.25, 0.3) is 0 Å². The summed E-state index contributed by atoms with van der Waals surface area (Å²) >= 11 is 12.1. The molecule has 0 aromatic heterocycles. The molecule has 1 aliphatic rings. The molecule has 1 aliphatic heterocycles. The second-order valence-electron chi connectivity index (χ2n) is 6.59. The Balaban J connectivity index is 1.76. The van der Waals surface area contributed by atoms with Gasteiger partial charge in [0.1, 0.15) is 0 Å². The number of aryl methyl sites for hydroxylation is 2. The molecule has 0 N–H and O–H groups in total. The van der Waals surface area contributed by atoms with Gasteiger partial charge in [0, 0.05) is 31.2 Å². The Kier molecular flexibility index (Phi) is 5.82. The first-order valence-electron chi connectivity index (χ1n) is 8.52. The molecule has 2 aromatic rings. The lowest BCUT2D eigenvalue weighted by Gasteiger charge is -2.34. The monoisotopic (exact) mass is 426 g/mol. The van der Waals surface area contributed by atoms with Crippen molar-refractivity contribution in [2.24, 2.45) is 0 Å². The standard InChI is InChI=1S/C19H20Cl2N2O3S/c1-13-3-4-14(2)18(11-13)27(25,26)23-9-7-22(8-10-23)19(24)16-12-15(20)5-6-17(16)21/h3-6,11-12H,7-10H2,1-2H3. The number of carbonyl (C=O) groups is 1. The number of carbonyl (C=O) groups excluding carboxylic acids is 1. The molecule has 27 heavy (non-hydrogen) atoms. The summed E-state index contributed by atoms with van der Waals surface area (Å²) in [5.41, 5.74) is 1.93. The number of nitrogens with zero attached hydrogens (tertiary/aromatic N) is 2. The first-order chi connectivity index (χ1) is 12.7. The fourth-order valence-electron chi connectivity index (χ4n) is 3.09. The van der Waals surface area contributed by atoms with Gasteiger partial charge in [-0.05, 0) is 49.2 Å². The van der Waals surface area contributed by atoms with Crippen molar-refractivity contribution in [3.63, 3.8) is 0 Å². The van der Waals surface area contributed by atoms with Gasteiger partial charge in [0.15, 0.2) is 0 Å². The number of benzene rings is 2. The molecule has 0 spiro atoms. The highest BCUT2D eigenvalue weighted by molar-refractivity contribution is 7.89. The van der Waals surface area contributed by atoms with E-state index >= 15 is 0 Å². The maximum absolute atomic E-state index is 13.0. The summed E-state index contributed by atoms with van der Waals surface area (Å²) in [7, 11) is -3.60. The highest BCUT2D eigenvalue weighted by Gasteiger charge is 2.31. The zero-order valence-corrected chi connectivity index (χ0v) is 17.4. The average molecular weight is 427 g/mol. The van der Waals surface area contributed by atoms with Crippen molar-refractivity contribution in [1.82, 2.24) is 9.21 Å². The zero-order chi connectivity index (χ0) is 19.8. The molecule has 1 saturated heterocycles. The van der Waals surface area contributed by atoms with Crippen LogP contribution in [0.1, 0.15) is 21.5 Å². The molecule has 0 unspecified atom stereocenters. The van der Waals surface area contributed by atoms with Gasteiger partial charge in [-0.15, -0.1) is 0 Å². The smallest absolute Gasteiger partial charge is 0.255 e. The summed E-state index contributed by atoms with van der Waals surface area (Å²) in [6, 6.07) is 10.1. The Bertz CT molecular complexity index is 984. The van der Waals surface area contributed by atoms with Crippen LogP contribution in [0.2, 0.25) is 10.0 Å². The van der Waals surface area contributed by atoms with Crippen molar-refractivity contribution in [3.8, 4) is 0 Å². The summed E-state index contributed by atoms with van der Waals surface area (Å²) in [4.78, 5) is 14.6. The van der Waals surface area contributed by atoms with Crippen molar-refractivity contribution in [3.05, 3.63) is 63.1 Å². The molecule has 1 heterocycles. The van der Waals surface area contributed by atoms with Crippen LogP contribution in [0.4, 0.5) is 0 Å². The summed E-state index contributed by atoms with van der Waals surface area (Å²) in [5, 5.41) is 0.758. The van der Waals surface area contributed by atoms with Crippen molar-refractivity contribution in [2.45, 2.75) is 18.7 Å². The van der Waals surface area contributed by atoms with Crippen LogP contribution in [-0.4, -0.2) is 49.7 Å². The molecule has 0 aliphatic carbocycles. The fraction of sp³-hybridized carbons (Fsp3) is 0.316. The Morgan fingerprint density at radius 1 is 0.963 bits per heavy atom. The molecule has 2 aromatic carbocycles. The SMILES string of the molecule is Cc1ccc(C)c(S(=O)(=O)N2CCN(C(=O)c3cc(Cl)ccc3Cl)CC2)c1. The third-order valence-electron chi connectivity index (χ3n) is 4.65. The Morgan fingerprint density at radius 3 is 2.30 bits per heavy atom.